The predicted molar refractivity (Wildman–Crippen MR) is 86.3 cm³/mol. The van der Waals surface area contributed by atoms with E-state index in [1.165, 1.54) is 0 Å². The molecule has 1 rings (SSSR count). The van der Waals surface area contributed by atoms with Gasteiger partial charge in [0.05, 0.1) is 0 Å². The van der Waals surface area contributed by atoms with Crippen LogP contribution in [-0.2, 0) is 4.79 Å². The molecule has 1 atom stereocenters. The molecule has 4 nitrogen and oxygen atoms in total. The van der Waals surface area contributed by atoms with Crippen LogP contribution in [-0.4, -0.2) is 23.6 Å². The van der Waals surface area contributed by atoms with Crippen molar-refractivity contribution in [1.82, 2.24) is 10.6 Å². The molecule has 1 aromatic carbocycles. The van der Waals surface area contributed by atoms with E-state index in [1.807, 2.05) is 31.2 Å². The van der Waals surface area contributed by atoms with Gasteiger partial charge in [-0.15, -0.1) is 0 Å². The van der Waals surface area contributed by atoms with Crippen LogP contribution in [0.1, 0.15) is 20.3 Å². The molecule has 0 aromatic heterocycles. The lowest BCUT2D eigenvalue weighted by molar-refractivity contribution is -0.122. The molecule has 0 aliphatic rings. The first-order chi connectivity index (χ1) is 9.02. The standard InChI is InChI=1S/C13H18BrN3OS/c1-3-7-15-12(18)9(2)16-13(19)17-11-6-4-5-10(14)8-11/h4-6,8-9H,3,7H2,1-2H3,(H,15,18)(H2,16,17,19)/t9-/m0/s1. The van der Waals surface area contributed by atoms with Gasteiger partial charge in [0, 0.05) is 16.7 Å². The summed E-state index contributed by atoms with van der Waals surface area (Å²) < 4.78 is 0.967. The number of hydrogen-bond acceptors (Lipinski definition) is 2. The van der Waals surface area contributed by atoms with Crippen LogP contribution in [0.3, 0.4) is 0 Å². The molecule has 0 aliphatic carbocycles. The summed E-state index contributed by atoms with van der Waals surface area (Å²) in [5.41, 5.74) is 0.869. The molecule has 3 N–H and O–H groups in total. The van der Waals surface area contributed by atoms with Gasteiger partial charge >= 0.3 is 0 Å². The number of hydrogen-bond donors (Lipinski definition) is 3. The van der Waals surface area contributed by atoms with E-state index in [0.29, 0.717) is 11.7 Å². The number of halogens is 1. The highest BCUT2D eigenvalue weighted by atomic mass is 79.9. The van der Waals surface area contributed by atoms with Crippen LogP contribution >= 0.6 is 28.1 Å². The number of anilines is 1. The quantitative estimate of drug-likeness (QED) is 0.719. The number of amides is 1. The Hall–Kier alpha value is -1.14. The van der Waals surface area contributed by atoms with Gasteiger partial charge in [0.15, 0.2) is 5.11 Å². The van der Waals surface area contributed by atoms with E-state index < -0.39 is 0 Å². The third-order valence-electron chi connectivity index (χ3n) is 2.37. The van der Waals surface area contributed by atoms with Crippen molar-refractivity contribution in [2.75, 3.05) is 11.9 Å². The SMILES string of the molecule is CCCNC(=O)[C@H](C)NC(=S)Nc1cccc(Br)c1. The summed E-state index contributed by atoms with van der Waals surface area (Å²) in [5, 5.41) is 9.23. The molecule has 0 radical (unpaired) electrons. The Morgan fingerprint density at radius 2 is 2.21 bits per heavy atom. The maximum Gasteiger partial charge on any atom is 0.242 e. The maximum absolute atomic E-state index is 11.7. The van der Waals surface area contributed by atoms with Crippen LogP contribution in [0.5, 0.6) is 0 Å². The van der Waals surface area contributed by atoms with Crippen LogP contribution in [0.4, 0.5) is 5.69 Å². The zero-order chi connectivity index (χ0) is 14.3. The topological polar surface area (TPSA) is 53.2 Å². The van der Waals surface area contributed by atoms with Crippen molar-refractivity contribution in [3.05, 3.63) is 28.7 Å². The highest BCUT2D eigenvalue weighted by Crippen LogP contribution is 2.15. The number of carbonyl (C=O) groups is 1. The zero-order valence-corrected chi connectivity index (χ0v) is 13.4. The van der Waals surface area contributed by atoms with E-state index in [-0.39, 0.29) is 11.9 Å². The lowest BCUT2D eigenvalue weighted by Crippen LogP contribution is -2.46. The van der Waals surface area contributed by atoms with Gasteiger partial charge in [-0.3, -0.25) is 4.79 Å². The number of nitrogens with one attached hydrogen (secondary N) is 3. The Bertz CT molecular complexity index is 453. The molecule has 0 heterocycles. The van der Waals surface area contributed by atoms with E-state index in [0.717, 1.165) is 16.6 Å². The molecular formula is C13H18BrN3OS. The van der Waals surface area contributed by atoms with Crippen LogP contribution in [0.2, 0.25) is 0 Å². The average Bonchev–Trinajstić information content (AvgIpc) is 2.35. The summed E-state index contributed by atoms with van der Waals surface area (Å²) in [6.07, 6.45) is 0.916. The van der Waals surface area contributed by atoms with Gasteiger partial charge in [-0.25, -0.2) is 0 Å². The average molecular weight is 344 g/mol. The first-order valence-electron chi connectivity index (χ1n) is 6.13. The maximum atomic E-state index is 11.7. The van der Waals surface area contributed by atoms with E-state index in [2.05, 4.69) is 31.9 Å². The van der Waals surface area contributed by atoms with Gasteiger partial charge in [-0.05, 0) is 43.8 Å². The van der Waals surface area contributed by atoms with Gasteiger partial charge in [0.1, 0.15) is 6.04 Å². The fourth-order valence-corrected chi connectivity index (χ4v) is 2.09. The van der Waals surface area contributed by atoms with E-state index >= 15 is 0 Å². The van der Waals surface area contributed by atoms with Gasteiger partial charge in [0.25, 0.3) is 0 Å². The fraction of sp³-hybridized carbons (Fsp3) is 0.385. The third kappa shape index (κ3) is 6.02. The molecular weight excluding hydrogens is 326 g/mol. The molecule has 1 amide bonds. The Kier molecular flexibility index (Phi) is 6.80. The van der Waals surface area contributed by atoms with Crippen molar-refractivity contribution < 1.29 is 4.79 Å². The summed E-state index contributed by atoms with van der Waals surface area (Å²) >= 11 is 8.56. The van der Waals surface area contributed by atoms with Gasteiger partial charge in [0.2, 0.25) is 5.91 Å². The molecule has 104 valence electrons. The summed E-state index contributed by atoms with van der Waals surface area (Å²) in [4.78, 5) is 11.7. The predicted octanol–water partition coefficient (Wildman–Crippen LogP) is 2.65. The highest BCUT2D eigenvalue weighted by Gasteiger charge is 2.12. The lowest BCUT2D eigenvalue weighted by atomic mass is 10.3. The second kappa shape index (κ2) is 8.12. The Labute approximate surface area is 127 Å². The van der Waals surface area contributed by atoms with Crippen LogP contribution in [0.25, 0.3) is 0 Å². The number of rotatable bonds is 5. The second-order valence-electron chi connectivity index (χ2n) is 4.12. The summed E-state index contributed by atoms with van der Waals surface area (Å²) in [5.74, 6) is -0.0553. The molecule has 6 heteroatoms. The van der Waals surface area contributed by atoms with Gasteiger partial charge in [-0.1, -0.05) is 28.9 Å². The van der Waals surface area contributed by atoms with Crippen molar-refractivity contribution in [3.63, 3.8) is 0 Å². The minimum atomic E-state index is -0.362. The molecule has 0 spiro atoms. The zero-order valence-electron chi connectivity index (χ0n) is 11.0. The minimum Gasteiger partial charge on any atom is -0.354 e. The molecule has 0 saturated carbocycles. The fourth-order valence-electron chi connectivity index (χ4n) is 1.40. The molecule has 0 aliphatic heterocycles. The van der Waals surface area contributed by atoms with Gasteiger partial charge in [-0.2, -0.15) is 0 Å². The minimum absolute atomic E-state index is 0.0553. The largest absolute Gasteiger partial charge is 0.354 e. The van der Waals surface area contributed by atoms with E-state index in [9.17, 15) is 4.79 Å². The number of carbonyl (C=O) groups excluding carboxylic acids is 1. The molecule has 0 bridgehead atoms. The number of thiocarbonyl (C=S) groups is 1. The summed E-state index contributed by atoms with van der Waals surface area (Å²) in [6.45, 7) is 4.47. The van der Waals surface area contributed by atoms with Crippen molar-refractivity contribution in [3.8, 4) is 0 Å². The Morgan fingerprint density at radius 1 is 1.47 bits per heavy atom. The van der Waals surface area contributed by atoms with Crippen LogP contribution in [0.15, 0.2) is 28.7 Å². The Balaban J connectivity index is 2.44. The molecule has 0 unspecified atom stereocenters. The van der Waals surface area contributed by atoms with Crippen LogP contribution < -0.4 is 16.0 Å². The highest BCUT2D eigenvalue weighted by molar-refractivity contribution is 9.10. The number of benzene rings is 1. The van der Waals surface area contributed by atoms with E-state index in [1.54, 1.807) is 6.92 Å². The van der Waals surface area contributed by atoms with Crippen molar-refractivity contribution >= 4 is 44.9 Å². The molecule has 1 aromatic rings. The van der Waals surface area contributed by atoms with E-state index in [4.69, 9.17) is 12.2 Å². The Morgan fingerprint density at radius 3 is 2.84 bits per heavy atom. The van der Waals surface area contributed by atoms with Crippen molar-refractivity contribution in [2.45, 2.75) is 26.3 Å². The summed E-state index contributed by atoms with van der Waals surface area (Å²) in [6, 6.07) is 7.30. The van der Waals surface area contributed by atoms with Crippen LogP contribution in [0, 0.1) is 0 Å². The normalized spacial score (nSPS) is 11.5. The molecule has 0 saturated heterocycles. The monoisotopic (exact) mass is 343 g/mol. The third-order valence-corrected chi connectivity index (χ3v) is 3.09. The lowest BCUT2D eigenvalue weighted by Gasteiger charge is -2.16. The van der Waals surface area contributed by atoms with Gasteiger partial charge < -0.3 is 16.0 Å². The second-order valence-corrected chi connectivity index (χ2v) is 5.45. The van der Waals surface area contributed by atoms with Crippen molar-refractivity contribution in [2.24, 2.45) is 0 Å². The summed E-state index contributed by atoms with van der Waals surface area (Å²) in [7, 11) is 0. The molecule has 0 fully saturated rings. The first-order valence-corrected chi connectivity index (χ1v) is 7.34. The smallest absolute Gasteiger partial charge is 0.242 e. The van der Waals surface area contributed by atoms with Crippen molar-refractivity contribution in [1.29, 1.82) is 0 Å². The first kappa shape index (κ1) is 15.9. The molecule has 19 heavy (non-hydrogen) atoms.